The fourth-order valence-electron chi connectivity index (χ4n) is 3.66. The number of amides is 2. The number of aryl methyl sites for hydroxylation is 1. The zero-order valence-corrected chi connectivity index (χ0v) is 19.8. The molecule has 0 atom stereocenters. The molecule has 1 aromatic carbocycles. The summed E-state index contributed by atoms with van der Waals surface area (Å²) >= 11 is 0. The maximum Gasteiger partial charge on any atom is 0.317 e. The SMILES string of the molecule is CCNC(=O)N(Cc1cnc(S(=O)(=O)Cc2ccccc2C)n1CC(C)C)CC1CC1. The maximum absolute atomic E-state index is 13.3. The number of nitrogens with zero attached hydrogens (tertiary/aromatic N) is 3. The van der Waals surface area contributed by atoms with Gasteiger partial charge in [-0.3, -0.25) is 0 Å². The fourth-order valence-corrected chi connectivity index (χ4v) is 5.26. The van der Waals surface area contributed by atoms with Gasteiger partial charge in [-0.2, -0.15) is 0 Å². The lowest BCUT2D eigenvalue weighted by atomic mass is 10.1. The number of carbonyl (C=O) groups is 1. The minimum atomic E-state index is -3.64. The highest BCUT2D eigenvalue weighted by atomic mass is 32.2. The summed E-state index contributed by atoms with van der Waals surface area (Å²) in [7, 11) is -3.64. The van der Waals surface area contributed by atoms with E-state index in [1.807, 2.05) is 52.0 Å². The van der Waals surface area contributed by atoms with Gasteiger partial charge in [-0.15, -0.1) is 0 Å². The Labute approximate surface area is 185 Å². The Hall–Kier alpha value is -2.35. The molecule has 1 fully saturated rings. The lowest BCUT2D eigenvalue weighted by Gasteiger charge is -2.24. The van der Waals surface area contributed by atoms with Gasteiger partial charge in [-0.05, 0) is 49.7 Å². The average molecular weight is 447 g/mol. The van der Waals surface area contributed by atoms with Crippen molar-refractivity contribution in [1.82, 2.24) is 19.8 Å². The maximum atomic E-state index is 13.3. The molecule has 1 N–H and O–H groups in total. The molecule has 1 heterocycles. The first-order valence-electron chi connectivity index (χ1n) is 11.1. The van der Waals surface area contributed by atoms with E-state index < -0.39 is 9.84 Å². The van der Waals surface area contributed by atoms with Gasteiger partial charge in [0, 0.05) is 19.6 Å². The van der Waals surface area contributed by atoms with Crippen LogP contribution in [0.1, 0.15) is 50.4 Å². The fraction of sp³-hybridized carbons (Fsp3) is 0.565. The standard InChI is InChI=1S/C23H34N4O3S/c1-5-24-22(28)26(14-19-10-11-19)15-21-12-25-23(27(21)13-17(2)3)31(29,30)16-20-9-7-6-8-18(20)4/h6-9,12,17,19H,5,10-11,13-16H2,1-4H3,(H,24,28). The van der Waals surface area contributed by atoms with Gasteiger partial charge in [-0.25, -0.2) is 18.2 Å². The summed E-state index contributed by atoms with van der Waals surface area (Å²) in [5.41, 5.74) is 2.48. The van der Waals surface area contributed by atoms with Gasteiger partial charge in [-0.1, -0.05) is 38.1 Å². The van der Waals surface area contributed by atoms with Crippen LogP contribution in [0.3, 0.4) is 0 Å². The van der Waals surface area contributed by atoms with E-state index in [1.165, 1.54) is 0 Å². The summed E-state index contributed by atoms with van der Waals surface area (Å²) in [6.07, 6.45) is 3.89. The topological polar surface area (TPSA) is 84.3 Å². The van der Waals surface area contributed by atoms with Crippen molar-refractivity contribution in [3.63, 3.8) is 0 Å². The molecule has 170 valence electrons. The Morgan fingerprint density at radius 3 is 2.61 bits per heavy atom. The largest absolute Gasteiger partial charge is 0.338 e. The Kier molecular flexibility index (Phi) is 7.41. The lowest BCUT2D eigenvalue weighted by Crippen LogP contribution is -2.41. The van der Waals surface area contributed by atoms with E-state index in [1.54, 1.807) is 15.7 Å². The third kappa shape index (κ3) is 6.09. The van der Waals surface area contributed by atoms with Crippen molar-refractivity contribution in [3.05, 3.63) is 47.3 Å². The minimum Gasteiger partial charge on any atom is -0.338 e. The summed E-state index contributed by atoms with van der Waals surface area (Å²) in [5.74, 6) is 0.686. The highest BCUT2D eigenvalue weighted by Crippen LogP contribution is 2.30. The highest BCUT2D eigenvalue weighted by molar-refractivity contribution is 7.90. The molecule has 1 aliphatic carbocycles. The van der Waals surface area contributed by atoms with Crippen molar-refractivity contribution in [3.8, 4) is 0 Å². The second kappa shape index (κ2) is 9.85. The van der Waals surface area contributed by atoms with Crippen molar-refractivity contribution in [2.75, 3.05) is 13.1 Å². The van der Waals surface area contributed by atoms with Crippen molar-refractivity contribution in [2.45, 2.75) is 64.5 Å². The Bertz CT molecular complexity index is 1010. The first-order chi connectivity index (χ1) is 14.7. The zero-order chi connectivity index (χ0) is 22.6. The molecule has 2 amide bonds. The summed E-state index contributed by atoms with van der Waals surface area (Å²) in [6, 6.07) is 7.40. The number of aromatic nitrogens is 2. The number of benzene rings is 1. The predicted molar refractivity (Wildman–Crippen MR) is 121 cm³/mol. The van der Waals surface area contributed by atoms with Crippen LogP contribution < -0.4 is 5.32 Å². The number of carbonyl (C=O) groups excluding carboxylic acids is 1. The average Bonchev–Trinajstić information content (AvgIpc) is 3.43. The van der Waals surface area contributed by atoms with Crippen molar-refractivity contribution < 1.29 is 13.2 Å². The molecular weight excluding hydrogens is 412 g/mol. The van der Waals surface area contributed by atoms with E-state index in [0.717, 1.165) is 29.7 Å². The number of sulfone groups is 1. The van der Waals surface area contributed by atoms with Crippen LogP contribution in [0.25, 0.3) is 0 Å². The van der Waals surface area contributed by atoms with Crippen LogP contribution in [0, 0.1) is 18.8 Å². The molecule has 1 aliphatic rings. The van der Waals surface area contributed by atoms with Gasteiger partial charge >= 0.3 is 6.03 Å². The molecule has 3 rings (SSSR count). The van der Waals surface area contributed by atoms with E-state index >= 15 is 0 Å². The van der Waals surface area contributed by atoms with Crippen LogP contribution in [0.5, 0.6) is 0 Å². The lowest BCUT2D eigenvalue weighted by molar-refractivity contribution is 0.191. The van der Waals surface area contributed by atoms with Gasteiger partial charge < -0.3 is 14.8 Å². The summed E-state index contributed by atoms with van der Waals surface area (Å²) in [6.45, 7) is 10.0. The van der Waals surface area contributed by atoms with Gasteiger partial charge in [0.2, 0.25) is 15.0 Å². The normalized spacial score (nSPS) is 14.1. The van der Waals surface area contributed by atoms with Crippen LogP contribution in [0.2, 0.25) is 0 Å². The van der Waals surface area contributed by atoms with Gasteiger partial charge in [0.15, 0.2) is 0 Å². The molecule has 1 aromatic heterocycles. The molecule has 0 aliphatic heterocycles. The highest BCUT2D eigenvalue weighted by Gasteiger charge is 2.29. The third-order valence-electron chi connectivity index (χ3n) is 5.48. The number of rotatable bonds is 10. The number of imidazole rings is 1. The molecule has 0 bridgehead atoms. The molecule has 31 heavy (non-hydrogen) atoms. The minimum absolute atomic E-state index is 0.0849. The summed E-state index contributed by atoms with van der Waals surface area (Å²) < 4.78 is 28.4. The van der Waals surface area contributed by atoms with Crippen LogP contribution >= 0.6 is 0 Å². The van der Waals surface area contributed by atoms with E-state index in [4.69, 9.17) is 0 Å². The molecule has 0 unspecified atom stereocenters. The van der Waals surface area contributed by atoms with Crippen LogP contribution in [-0.2, 0) is 28.7 Å². The van der Waals surface area contributed by atoms with Crippen molar-refractivity contribution in [1.29, 1.82) is 0 Å². The molecule has 0 saturated heterocycles. The van der Waals surface area contributed by atoms with E-state index in [2.05, 4.69) is 10.3 Å². The van der Waals surface area contributed by atoms with Crippen molar-refractivity contribution in [2.24, 2.45) is 11.8 Å². The summed E-state index contributed by atoms with van der Waals surface area (Å²) in [4.78, 5) is 18.7. The van der Waals surface area contributed by atoms with Gasteiger partial charge in [0.25, 0.3) is 0 Å². The zero-order valence-electron chi connectivity index (χ0n) is 19.0. The Morgan fingerprint density at radius 1 is 1.29 bits per heavy atom. The number of hydrogen-bond acceptors (Lipinski definition) is 4. The molecule has 0 spiro atoms. The monoisotopic (exact) mass is 446 g/mol. The molecule has 2 aromatic rings. The molecule has 1 saturated carbocycles. The second-order valence-corrected chi connectivity index (χ2v) is 10.8. The van der Waals surface area contributed by atoms with Crippen molar-refractivity contribution >= 4 is 15.9 Å². The quantitative estimate of drug-likeness (QED) is 0.602. The molecule has 7 nitrogen and oxygen atoms in total. The first-order valence-corrected chi connectivity index (χ1v) is 12.7. The molecular formula is C23H34N4O3S. The van der Waals surface area contributed by atoms with Gasteiger partial charge in [0.05, 0.1) is 24.2 Å². The van der Waals surface area contributed by atoms with E-state index in [9.17, 15) is 13.2 Å². The number of hydrogen-bond donors (Lipinski definition) is 1. The Balaban J connectivity index is 1.91. The summed E-state index contributed by atoms with van der Waals surface area (Å²) in [5, 5.41) is 2.96. The second-order valence-electron chi connectivity index (χ2n) is 8.88. The predicted octanol–water partition coefficient (Wildman–Crippen LogP) is 3.76. The van der Waals surface area contributed by atoms with Crippen LogP contribution in [-0.4, -0.2) is 42.0 Å². The van der Waals surface area contributed by atoms with E-state index in [0.29, 0.717) is 32.1 Å². The molecule has 0 radical (unpaired) electrons. The van der Waals surface area contributed by atoms with E-state index in [-0.39, 0.29) is 22.9 Å². The van der Waals surface area contributed by atoms with Crippen LogP contribution in [0.15, 0.2) is 35.6 Å². The smallest absolute Gasteiger partial charge is 0.317 e. The van der Waals surface area contributed by atoms with Gasteiger partial charge in [0.1, 0.15) is 0 Å². The number of urea groups is 1. The number of nitrogens with one attached hydrogen (secondary N) is 1. The van der Waals surface area contributed by atoms with Crippen LogP contribution in [0.4, 0.5) is 4.79 Å². The molecule has 8 heteroatoms. The first kappa shape index (κ1) is 23.3. The third-order valence-corrected chi connectivity index (χ3v) is 7.05. The Morgan fingerprint density at radius 2 is 2.00 bits per heavy atom.